The molecule has 0 aromatic heterocycles. The zero-order chi connectivity index (χ0) is 33.4. The van der Waals surface area contributed by atoms with Crippen molar-refractivity contribution in [1.29, 1.82) is 0 Å². The van der Waals surface area contributed by atoms with E-state index >= 15 is 0 Å². The van der Waals surface area contributed by atoms with E-state index in [0.717, 1.165) is 69.7 Å². The maximum atomic E-state index is 14.6. The molecule has 4 aromatic rings. The fourth-order valence-corrected chi connectivity index (χ4v) is 7.76. The van der Waals surface area contributed by atoms with E-state index in [1.54, 1.807) is 24.3 Å². The first kappa shape index (κ1) is 34.3. The molecule has 1 saturated carbocycles. The van der Waals surface area contributed by atoms with E-state index in [1.165, 1.54) is 17.0 Å². The van der Waals surface area contributed by atoms with Gasteiger partial charge in [0.25, 0.3) is 10.0 Å². The normalized spacial score (nSPS) is 14.3. The highest BCUT2D eigenvalue weighted by atomic mass is 79.9. The number of nitrogens with one attached hydrogen (secondary N) is 1. The monoisotopic (exact) mass is 719 g/mol. The van der Waals surface area contributed by atoms with Crippen molar-refractivity contribution >= 4 is 43.5 Å². The second-order valence-corrected chi connectivity index (χ2v) is 14.8. The fourth-order valence-electron chi connectivity index (χ4n) is 5.90. The second-order valence-electron chi connectivity index (χ2n) is 12.0. The van der Waals surface area contributed by atoms with Gasteiger partial charge in [-0.15, -0.1) is 0 Å². The van der Waals surface area contributed by atoms with Gasteiger partial charge in [0.2, 0.25) is 11.8 Å². The van der Waals surface area contributed by atoms with E-state index in [-0.39, 0.29) is 35.5 Å². The van der Waals surface area contributed by atoms with Crippen LogP contribution < -0.4 is 9.62 Å². The van der Waals surface area contributed by atoms with Crippen molar-refractivity contribution in [3.05, 3.63) is 130 Å². The topological polar surface area (TPSA) is 86.8 Å². The van der Waals surface area contributed by atoms with E-state index in [4.69, 9.17) is 0 Å². The molecular weight excluding hydrogens is 681 g/mol. The Hall–Kier alpha value is -4.02. The van der Waals surface area contributed by atoms with E-state index in [9.17, 15) is 22.4 Å². The Morgan fingerprint density at radius 2 is 1.53 bits per heavy atom. The van der Waals surface area contributed by atoms with Crippen molar-refractivity contribution in [3.63, 3.8) is 0 Å². The smallest absolute Gasteiger partial charge is 0.264 e. The predicted octanol–water partition coefficient (Wildman–Crippen LogP) is 7.18. The van der Waals surface area contributed by atoms with Crippen LogP contribution in [-0.4, -0.2) is 43.8 Å². The molecule has 47 heavy (non-hydrogen) atoms. The molecule has 0 radical (unpaired) electrons. The average Bonchev–Trinajstić information content (AvgIpc) is 3.06. The molecule has 1 aliphatic carbocycles. The van der Waals surface area contributed by atoms with Crippen LogP contribution in [0.25, 0.3) is 0 Å². The fraction of sp³-hybridized carbons (Fsp3) is 0.297. The zero-order valence-electron chi connectivity index (χ0n) is 26.3. The van der Waals surface area contributed by atoms with Crippen LogP contribution in [0.2, 0.25) is 0 Å². The van der Waals surface area contributed by atoms with Crippen molar-refractivity contribution < 1.29 is 22.4 Å². The van der Waals surface area contributed by atoms with Gasteiger partial charge in [-0.2, -0.15) is 0 Å². The van der Waals surface area contributed by atoms with Gasteiger partial charge in [-0.25, -0.2) is 12.8 Å². The Bertz CT molecular complexity index is 1760. The largest absolute Gasteiger partial charge is 0.352 e. The SMILES string of the molecule is Cc1ccc(N(CC(=O)N(Cc2cccc(Br)c2)[C@@H](Cc2ccccc2)C(=O)NC2CCCCC2)S(=O)(=O)c2ccc(F)cc2)cc1. The third-order valence-electron chi connectivity index (χ3n) is 8.47. The van der Waals surface area contributed by atoms with Crippen LogP contribution in [0.4, 0.5) is 10.1 Å². The second kappa shape index (κ2) is 15.7. The van der Waals surface area contributed by atoms with E-state index in [0.29, 0.717) is 0 Å². The van der Waals surface area contributed by atoms with Crippen LogP contribution in [0.1, 0.15) is 48.8 Å². The molecule has 10 heteroatoms. The summed E-state index contributed by atoms with van der Waals surface area (Å²) in [6, 6.07) is 27.4. The Labute approximate surface area is 285 Å². The molecule has 7 nitrogen and oxygen atoms in total. The molecule has 246 valence electrons. The minimum Gasteiger partial charge on any atom is -0.352 e. The van der Waals surface area contributed by atoms with Crippen molar-refractivity contribution in [2.24, 2.45) is 0 Å². The molecule has 0 bridgehead atoms. The number of sulfonamides is 1. The number of hydrogen-bond acceptors (Lipinski definition) is 4. The molecular formula is C37H39BrFN3O4S. The van der Waals surface area contributed by atoms with Crippen molar-refractivity contribution in [2.75, 3.05) is 10.8 Å². The van der Waals surface area contributed by atoms with Crippen LogP contribution in [-0.2, 0) is 32.6 Å². The van der Waals surface area contributed by atoms with Crippen molar-refractivity contribution in [1.82, 2.24) is 10.2 Å². The Morgan fingerprint density at radius 1 is 0.872 bits per heavy atom. The average molecular weight is 721 g/mol. The van der Waals surface area contributed by atoms with Gasteiger partial charge >= 0.3 is 0 Å². The van der Waals surface area contributed by atoms with Crippen LogP contribution in [0.15, 0.2) is 112 Å². The molecule has 0 saturated heterocycles. The first-order valence-electron chi connectivity index (χ1n) is 15.8. The number of benzene rings is 4. The third kappa shape index (κ3) is 9.08. The highest BCUT2D eigenvalue weighted by molar-refractivity contribution is 9.10. The first-order valence-corrected chi connectivity index (χ1v) is 18.1. The predicted molar refractivity (Wildman–Crippen MR) is 186 cm³/mol. The van der Waals surface area contributed by atoms with Crippen LogP contribution in [0, 0.1) is 12.7 Å². The quantitative estimate of drug-likeness (QED) is 0.168. The zero-order valence-corrected chi connectivity index (χ0v) is 28.7. The number of carbonyl (C=O) groups is 2. The van der Waals surface area contributed by atoms with Crippen molar-refractivity contribution in [3.8, 4) is 0 Å². The summed E-state index contributed by atoms with van der Waals surface area (Å²) >= 11 is 3.51. The third-order valence-corrected chi connectivity index (χ3v) is 10.7. The molecule has 0 aliphatic heterocycles. The standard InChI is InChI=1S/C37H39BrFN3O4S/c1-27-15-19-33(20-16-27)42(47(45,46)34-21-17-31(39)18-22-34)26-36(43)41(25-29-11-8-12-30(38)23-29)35(24-28-9-4-2-5-10-28)37(44)40-32-13-6-3-7-14-32/h2,4-5,8-12,15-23,32,35H,3,6-7,13-14,24-26H2,1H3,(H,40,44)/t35-/m0/s1. The van der Waals surface area contributed by atoms with E-state index in [1.807, 2.05) is 61.5 Å². The van der Waals surface area contributed by atoms with Gasteiger partial charge in [-0.1, -0.05) is 95.4 Å². The van der Waals surface area contributed by atoms with Crippen LogP contribution in [0.5, 0.6) is 0 Å². The van der Waals surface area contributed by atoms with Gasteiger partial charge in [0, 0.05) is 23.5 Å². The Kier molecular flexibility index (Phi) is 11.5. The number of amides is 2. The van der Waals surface area contributed by atoms with E-state index in [2.05, 4.69) is 21.2 Å². The lowest BCUT2D eigenvalue weighted by Crippen LogP contribution is -2.55. The lowest BCUT2D eigenvalue weighted by atomic mass is 9.94. The maximum absolute atomic E-state index is 14.6. The molecule has 1 atom stereocenters. The van der Waals surface area contributed by atoms with Gasteiger partial charge in [0.1, 0.15) is 18.4 Å². The summed E-state index contributed by atoms with van der Waals surface area (Å²) in [7, 11) is -4.31. The lowest BCUT2D eigenvalue weighted by Gasteiger charge is -2.35. The highest BCUT2D eigenvalue weighted by Crippen LogP contribution is 2.26. The highest BCUT2D eigenvalue weighted by Gasteiger charge is 2.35. The Morgan fingerprint density at radius 3 is 2.19 bits per heavy atom. The molecule has 4 aromatic carbocycles. The minimum absolute atomic E-state index is 0.0141. The van der Waals surface area contributed by atoms with Gasteiger partial charge in [0.05, 0.1) is 10.6 Å². The molecule has 0 unspecified atom stereocenters. The number of rotatable bonds is 12. The number of anilines is 1. The summed E-state index contributed by atoms with van der Waals surface area (Å²) in [6.07, 6.45) is 5.18. The molecule has 1 fully saturated rings. The first-order chi connectivity index (χ1) is 22.6. The lowest BCUT2D eigenvalue weighted by molar-refractivity contribution is -0.140. The van der Waals surface area contributed by atoms with Crippen LogP contribution in [0.3, 0.4) is 0 Å². The van der Waals surface area contributed by atoms with Crippen LogP contribution >= 0.6 is 15.9 Å². The Balaban J connectivity index is 1.56. The van der Waals surface area contributed by atoms with E-state index < -0.39 is 34.3 Å². The number of carbonyl (C=O) groups excluding carboxylic acids is 2. The van der Waals surface area contributed by atoms with Gasteiger partial charge in [-0.05, 0) is 79.4 Å². The molecule has 1 aliphatic rings. The summed E-state index contributed by atoms with van der Waals surface area (Å²) in [4.78, 5) is 30.1. The summed E-state index contributed by atoms with van der Waals surface area (Å²) < 4.78 is 43.8. The molecule has 0 spiro atoms. The number of nitrogens with zero attached hydrogens (tertiary/aromatic N) is 2. The maximum Gasteiger partial charge on any atom is 0.264 e. The van der Waals surface area contributed by atoms with Gasteiger partial charge in [0.15, 0.2) is 0 Å². The molecule has 0 heterocycles. The van der Waals surface area contributed by atoms with Gasteiger partial charge in [-0.3, -0.25) is 13.9 Å². The molecule has 2 amide bonds. The number of aryl methyl sites for hydroxylation is 1. The molecule has 5 rings (SSSR count). The summed E-state index contributed by atoms with van der Waals surface area (Å²) in [5, 5.41) is 3.21. The summed E-state index contributed by atoms with van der Waals surface area (Å²) in [6.45, 7) is 1.39. The van der Waals surface area contributed by atoms with Gasteiger partial charge < -0.3 is 10.2 Å². The van der Waals surface area contributed by atoms with Crippen molar-refractivity contribution in [2.45, 2.75) is 69.0 Å². The number of hydrogen-bond donors (Lipinski definition) is 1. The summed E-state index contributed by atoms with van der Waals surface area (Å²) in [5.74, 6) is -1.39. The minimum atomic E-state index is -4.31. The molecule has 1 N–H and O–H groups in total. The number of halogens is 2. The summed E-state index contributed by atoms with van der Waals surface area (Å²) in [5.41, 5.74) is 2.84.